The van der Waals surface area contributed by atoms with Crippen molar-refractivity contribution in [3.63, 3.8) is 0 Å². The number of likely N-dealkylation sites (tertiary alicyclic amines) is 1. The highest BCUT2D eigenvalue weighted by Gasteiger charge is 2.31. The summed E-state index contributed by atoms with van der Waals surface area (Å²) in [4.78, 5) is 11.1. The van der Waals surface area contributed by atoms with Gasteiger partial charge in [-0.15, -0.1) is 24.0 Å². The van der Waals surface area contributed by atoms with Crippen molar-refractivity contribution in [3.8, 4) is 0 Å². The van der Waals surface area contributed by atoms with E-state index in [-0.39, 0.29) is 24.0 Å². The number of piperazine rings is 1. The highest BCUT2D eigenvalue weighted by Crippen LogP contribution is 2.31. The lowest BCUT2D eigenvalue weighted by Crippen LogP contribution is -2.53. The molecule has 2 aliphatic heterocycles. The molecule has 0 radical (unpaired) electrons. The maximum Gasteiger partial charge on any atom is 0.416 e. The molecule has 2 fully saturated rings. The maximum atomic E-state index is 13.0. The quantitative estimate of drug-likeness (QED) is 0.372. The van der Waals surface area contributed by atoms with Crippen molar-refractivity contribution in [1.29, 1.82) is 0 Å². The minimum Gasteiger partial charge on any atom is -0.368 e. The number of hydrogen-bond donors (Lipinski definition) is 1. The number of nitrogens with zero attached hydrogens (tertiary/aromatic N) is 4. The largest absolute Gasteiger partial charge is 0.416 e. The third-order valence-electron chi connectivity index (χ3n) is 5.70. The van der Waals surface area contributed by atoms with Gasteiger partial charge in [0, 0.05) is 52.0 Å². The Bertz CT molecular complexity index is 674. The Morgan fingerprint density at radius 2 is 1.90 bits per heavy atom. The van der Waals surface area contributed by atoms with Crippen LogP contribution in [-0.4, -0.2) is 75.2 Å². The maximum absolute atomic E-state index is 13.0. The van der Waals surface area contributed by atoms with Gasteiger partial charge in [0.15, 0.2) is 5.96 Å². The molecule has 1 aromatic rings. The van der Waals surface area contributed by atoms with Gasteiger partial charge in [-0.25, -0.2) is 0 Å². The number of halogens is 4. The lowest BCUT2D eigenvalue weighted by Gasteiger charge is -2.38. The van der Waals surface area contributed by atoms with Gasteiger partial charge in [0.2, 0.25) is 0 Å². The Kier molecular flexibility index (Phi) is 8.87. The van der Waals surface area contributed by atoms with E-state index in [1.807, 2.05) is 4.90 Å². The fraction of sp³-hybridized carbons (Fsp3) is 0.650. The van der Waals surface area contributed by atoms with Gasteiger partial charge in [-0.1, -0.05) is 13.0 Å². The van der Waals surface area contributed by atoms with Crippen LogP contribution in [-0.2, 0) is 6.18 Å². The molecule has 164 valence electrons. The molecule has 9 heteroatoms. The third-order valence-corrected chi connectivity index (χ3v) is 5.70. The van der Waals surface area contributed by atoms with Crippen LogP contribution in [0.25, 0.3) is 0 Å². The van der Waals surface area contributed by atoms with Crippen molar-refractivity contribution in [2.75, 3.05) is 64.3 Å². The second-order valence-corrected chi connectivity index (χ2v) is 7.50. The normalized spacial score (nSPS) is 21.3. The van der Waals surface area contributed by atoms with E-state index in [1.165, 1.54) is 18.6 Å². The number of alkyl halides is 3. The number of anilines is 1. The second kappa shape index (κ2) is 10.7. The molecule has 29 heavy (non-hydrogen) atoms. The number of rotatable bonds is 4. The van der Waals surface area contributed by atoms with Gasteiger partial charge in [-0.2, -0.15) is 13.2 Å². The smallest absolute Gasteiger partial charge is 0.368 e. The number of guanidine groups is 1. The fourth-order valence-corrected chi connectivity index (χ4v) is 3.99. The molecule has 3 rings (SSSR count). The monoisotopic (exact) mass is 525 g/mol. The lowest BCUT2D eigenvalue weighted by atomic mass is 10.1. The number of benzene rings is 1. The van der Waals surface area contributed by atoms with E-state index in [1.54, 1.807) is 13.1 Å². The van der Waals surface area contributed by atoms with Crippen LogP contribution in [0.4, 0.5) is 18.9 Å². The minimum atomic E-state index is -4.31. The molecule has 0 aliphatic carbocycles. The summed E-state index contributed by atoms with van der Waals surface area (Å²) < 4.78 is 38.9. The van der Waals surface area contributed by atoms with Crippen molar-refractivity contribution in [2.45, 2.75) is 19.5 Å². The molecule has 0 bridgehead atoms. The molecule has 2 aliphatic rings. The lowest BCUT2D eigenvalue weighted by molar-refractivity contribution is -0.137. The van der Waals surface area contributed by atoms with Gasteiger partial charge >= 0.3 is 6.18 Å². The summed E-state index contributed by atoms with van der Waals surface area (Å²) in [6, 6.07) is 5.58. The first kappa shape index (κ1) is 24.0. The van der Waals surface area contributed by atoms with E-state index in [4.69, 9.17) is 0 Å². The van der Waals surface area contributed by atoms with Crippen LogP contribution in [0.2, 0.25) is 0 Å². The van der Waals surface area contributed by atoms with E-state index in [2.05, 4.69) is 27.0 Å². The van der Waals surface area contributed by atoms with E-state index < -0.39 is 11.7 Å². The number of hydrogen-bond acceptors (Lipinski definition) is 3. The molecule has 1 atom stereocenters. The first-order chi connectivity index (χ1) is 13.4. The van der Waals surface area contributed by atoms with Gasteiger partial charge < -0.3 is 20.0 Å². The average Bonchev–Trinajstić information content (AvgIpc) is 3.16. The van der Waals surface area contributed by atoms with Crippen LogP contribution in [0, 0.1) is 5.92 Å². The molecule has 1 N–H and O–H groups in total. The SMILES string of the molecule is CCN1CCC(CNC(=NC)N2CCN(c3cccc(C(F)(F)F)c3)CC2)C1.I. The van der Waals surface area contributed by atoms with E-state index in [0.29, 0.717) is 24.7 Å². The molecular weight excluding hydrogens is 494 g/mol. The van der Waals surface area contributed by atoms with Crippen molar-refractivity contribution in [2.24, 2.45) is 10.9 Å². The summed E-state index contributed by atoms with van der Waals surface area (Å²) in [5.74, 6) is 1.53. The summed E-state index contributed by atoms with van der Waals surface area (Å²) in [5, 5.41) is 3.49. The van der Waals surface area contributed by atoms with Crippen molar-refractivity contribution in [1.82, 2.24) is 15.1 Å². The summed E-state index contributed by atoms with van der Waals surface area (Å²) >= 11 is 0. The van der Waals surface area contributed by atoms with Gasteiger partial charge in [-0.3, -0.25) is 4.99 Å². The van der Waals surface area contributed by atoms with Gasteiger partial charge in [0.05, 0.1) is 5.56 Å². The van der Waals surface area contributed by atoms with Crippen LogP contribution in [0.1, 0.15) is 18.9 Å². The van der Waals surface area contributed by atoms with Gasteiger partial charge in [-0.05, 0) is 43.6 Å². The van der Waals surface area contributed by atoms with Crippen LogP contribution in [0.15, 0.2) is 29.3 Å². The highest BCUT2D eigenvalue weighted by atomic mass is 127. The summed E-state index contributed by atoms with van der Waals surface area (Å²) in [5.41, 5.74) is 0.0330. The highest BCUT2D eigenvalue weighted by molar-refractivity contribution is 14.0. The second-order valence-electron chi connectivity index (χ2n) is 7.50. The van der Waals surface area contributed by atoms with E-state index in [9.17, 15) is 13.2 Å². The predicted molar refractivity (Wildman–Crippen MR) is 122 cm³/mol. The Hall–Kier alpha value is -1.23. The molecule has 2 saturated heterocycles. The third kappa shape index (κ3) is 6.37. The zero-order valence-corrected chi connectivity index (χ0v) is 19.4. The molecule has 1 aromatic carbocycles. The molecule has 0 amide bonds. The molecule has 1 unspecified atom stereocenters. The zero-order valence-electron chi connectivity index (χ0n) is 17.1. The molecular formula is C20H31F3IN5. The molecule has 0 spiro atoms. The average molecular weight is 525 g/mol. The van der Waals surface area contributed by atoms with Crippen LogP contribution in [0.3, 0.4) is 0 Å². The Morgan fingerprint density at radius 3 is 2.48 bits per heavy atom. The van der Waals surface area contributed by atoms with Gasteiger partial charge in [0.25, 0.3) is 0 Å². The zero-order chi connectivity index (χ0) is 20.1. The predicted octanol–water partition coefficient (Wildman–Crippen LogP) is 3.36. The first-order valence-electron chi connectivity index (χ1n) is 10.0. The van der Waals surface area contributed by atoms with Gasteiger partial charge in [0.1, 0.15) is 0 Å². The molecule has 0 aromatic heterocycles. The molecule has 2 heterocycles. The van der Waals surface area contributed by atoms with Crippen molar-refractivity contribution < 1.29 is 13.2 Å². The Morgan fingerprint density at radius 1 is 1.17 bits per heavy atom. The fourth-order valence-electron chi connectivity index (χ4n) is 3.99. The van der Waals surface area contributed by atoms with Crippen LogP contribution < -0.4 is 10.2 Å². The molecule has 0 saturated carbocycles. The standard InChI is InChI=1S/C20H30F3N5.HI/c1-3-26-8-7-16(15-26)14-25-19(24-2)28-11-9-27(10-12-28)18-6-4-5-17(13-18)20(21,22)23;/h4-6,13,16H,3,7-12,14-15H2,1-2H3,(H,24,25);1H. The summed E-state index contributed by atoms with van der Waals surface area (Å²) in [6.45, 7) is 9.33. The molecule has 5 nitrogen and oxygen atoms in total. The van der Waals surface area contributed by atoms with Crippen molar-refractivity contribution in [3.05, 3.63) is 29.8 Å². The topological polar surface area (TPSA) is 34.1 Å². The summed E-state index contributed by atoms with van der Waals surface area (Å²) in [6.07, 6.45) is -3.10. The van der Waals surface area contributed by atoms with Crippen LogP contribution in [0.5, 0.6) is 0 Å². The first-order valence-corrected chi connectivity index (χ1v) is 10.0. The van der Waals surface area contributed by atoms with Crippen molar-refractivity contribution >= 4 is 35.6 Å². The van der Waals surface area contributed by atoms with Crippen LogP contribution >= 0.6 is 24.0 Å². The van der Waals surface area contributed by atoms with E-state index >= 15 is 0 Å². The van der Waals surface area contributed by atoms with E-state index in [0.717, 1.165) is 51.3 Å². The number of nitrogens with one attached hydrogen (secondary N) is 1. The summed E-state index contributed by atoms with van der Waals surface area (Å²) in [7, 11) is 1.79. The number of aliphatic imine (C=N–C) groups is 1. The Balaban J connectivity index is 0.00000300. The Labute approximate surface area is 188 Å². The minimum absolute atomic E-state index is 0.